The van der Waals surface area contributed by atoms with Gasteiger partial charge in [-0.2, -0.15) is 0 Å². The lowest BCUT2D eigenvalue weighted by Gasteiger charge is -2.18. The van der Waals surface area contributed by atoms with Gasteiger partial charge in [-0.15, -0.1) is 0 Å². The molecule has 0 aromatic rings. The third-order valence-corrected chi connectivity index (χ3v) is 11.8. The number of rotatable bonds is 48. The summed E-state index contributed by atoms with van der Waals surface area (Å²) in [5.41, 5.74) is 0. The number of unbranched alkanes of at least 4 members (excludes halogenated alkanes) is 35. The molecule has 6 heteroatoms. The van der Waals surface area contributed by atoms with Gasteiger partial charge in [-0.25, -0.2) is 0 Å². The number of allylic oxidation sites excluding steroid dienone is 2. The number of carbonyl (C=O) groups excluding carboxylic acids is 3. The number of carbonyl (C=O) groups is 3. The molecule has 0 saturated carbocycles. The standard InChI is InChI=1S/C53H100O6/c1-4-7-10-13-16-19-22-24-26-28-31-34-37-40-43-46-52(55)58-49-50(48-57-51(54)45-42-39-36-33-30-21-18-15-12-9-6-3)59-53(56)47-44-41-38-35-32-29-27-25-23-20-17-14-11-8-5-2/h24,26,50H,4-23,25,27-49H2,1-3H3/b26-24-. The summed E-state index contributed by atoms with van der Waals surface area (Å²) in [4.78, 5) is 37.9. The van der Waals surface area contributed by atoms with Crippen LogP contribution in [0.1, 0.15) is 290 Å². The summed E-state index contributed by atoms with van der Waals surface area (Å²) >= 11 is 0. The minimum absolute atomic E-state index is 0.0673. The van der Waals surface area contributed by atoms with Crippen LogP contribution in [-0.4, -0.2) is 37.2 Å². The van der Waals surface area contributed by atoms with E-state index < -0.39 is 6.10 Å². The summed E-state index contributed by atoms with van der Waals surface area (Å²) in [6.45, 7) is 6.65. The van der Waals surface area contributed by atoms with E-state index in [4.69, 9.17) is 14.2 Å². The first-order valence-corrected chi connectivity index (χ1v) is 26.2. The molecule has 0 fully saturated rings. The highest BCUT2D eigenvalue weighted by atomic mass is 16.6. The van der Waals surface area contributed by atoms with Crippen molar-refractivity contribution in [1.29, 1.82) is 0 Å². The Bertz CT molecular complexity index is 916. The SMILES string of the molecule is CCCCCCCC/C=C\CCCCCCCC(=O)OCC(COC(=O)CCCCCCCCCCCCC)OC(=O)CCCCCCCCCCCCCCCCC. The Morgan fingerprint density at radius 1 is 0.322 bits per heavy atom. The largest absolute Gasteiger partial charge is 0.462 e. The van der Waals surface area contributed by atoms with E-state index in [1.54, 1.807) is 0 Å². The van der Waals surface area contributed by atoms with Crippen LogP contribution in [0.15, 0.2) is 12.2 Å². The summed E-state index contributed by atoms with van der Waals surface area (Å²) in [6.07, 6.45) is 53.3. The summed E-state index contributed by atoms with van der Waals surface area (Å²) in [5.74, 6) is -0.859. The molecule has 1 atom stereocenters. The van der Waals surface area contributed by atoms with Crippen LogP contribution in [0.25, 0.3) is 0 Å². The predicted molar refractivity (Wildman–Crippen MR) is 252 cm³/mol. The van der Waals surface area contributed by atoms with E-state index in [-0.39, 0.29) is 31.1 Å². The molecule has 0 rings (SSSR count). The first-order chi connectivity index (χ1) is 29.0. The van der Waals surface area contributed by atoms with Crippen molar-refractivity contribution in [3.63, 3.8) is 0 Å². The molecule has 0 spiro atoms. The highest BCUT2D eigenvalue weighted by Gasteiger charge is 2.19. The number of ether oxygens (including phenoxy) is 3. The van der Waals surface area contributed by atoms with E-state index >= 15 is 0 Å². The van der Waals surface area contributed by atoms with Crippen molar-refractivity contribution in [3.8, 4) is 0 Å². The van der Waals surface area contributed by atoms with Gasteiger partial charge >= 0.3 is 17.9 Å². The average molecular weight is 833 g/mol. The third-order valence-electron chi connectivity index (χ3n) is 11.8. The Hall–Kier alpha value is -1.85. The van der Waals surface area contributed by atoms with E-state index in [9.17, 15) is 14.4 Å². The predicted octanol–water partition coefficient (Wildman–Crippen LogP) is 17.0. The molecule has 6 nitrogen and oxygen atoms in total. The van der Waals surface area contributed by atoms with Gasteiger partial charge in [-0.05, 0) is 44.9 Å². The monoisotopic (exact) mass is 833 g/mol. The van der Waals surface area contributed by atoms with Crippen LogP contribution in [0.2, 0.25) is 0 Å². The van der Waals surface area contributed by atoms with Gasteiger partial charge < -0.3 is 14.2 Å². The lowest BCUT2D eigenvalue weighted by atomic mass is 10.0. The van der Waals surface area contributed by atoms with Crippen molar-refractivity contribution in [3.05, 3.63) is 12.2 Å². The fourth-order valence-corrected chi connectivity index (χ4v) is 7.79. The molecule has 0 radical (unpaired) electrons. The Kier molecular flexibility index (Phi) is 47.3. The summed E-state index contributed by atoms with van der Waals surface area (Å²) in [6, 6.07) is 0. The average Bonchev–Trinajstić information content (AvgIpc) is 3.23. The third kappa shape index (κ3) is 47.1. The van der Waals surface area contributed by atoms with Gasteiger partial charge in [0, 0.05) is 19.3 Å². The van der Waals surface area contributed by atoms with Crippen molar-refractivity contribution in [1.82, 2.24) is 0 Å². The molecule has 0 aliphatic heterocycles. The van der Waals surface area contributed by atoms with E-state index in [1.165, 1.54) is 186 Å². The first kappa shape index (κ1) is 57.1. The summed E-state index contributed by atoms with van der Waals surface area (Å²) in [5, 5.41) is 0. The van der Waals surface area contributed by atoms with Gasteiger partial charge in [-0.1, -0.05) is 238 Å². The molecule has 1 unspecified atom stereocenters. The van der Waals surface area contributed by atoms with Gasteiger partial charge in [0.25, 0.3) is 0 Å². The first-order valence-electron chi connectivity index (χ1n) is 26.2. The molecule has 348 valence electrons. The fraction of sp³-hybridized carbons (Fsp3) is 0.906. The summed E-state index contributed by atoms with van der Waals surface area (Å²) < 4.78 is 16.8. The number of hydrogen-bond acceptors (Lipinski definition) is 6. The van der Waals surface area contributed by atoms with Gasteiger partial charge in [-0.3, -0.25) is 14.4 Å². The minimum atomic E-state index is -0.766. The van der Waals surface area contributed by atoms with Crippen LogP contribution < -0.4 is 0 Å². The Morgan fingerprint density at radius 2 is 0.559 bits per heavy atom. The van der Waals surface area contributed by atoms with Crippen molar-refractivity contribution in [2.24, 2.45) is 0 Å². The molecule has 0 aliphatic rings. The smallest absolute Gasteiger partial charge is 0.306 e. The van der Waals surface area contributed by atoms with Crippen molar-refractivity contribution in [2.45, 2.75) is 297 Å². The van der Waals surface area contributed by atoms with Crippen LogP contribution >= 0.6 is 0 Å². The number of esters is 3. The molecule has 0 saturated heterocycles. The minimum Gasteiger partial charge on any atom is -0.462 e. The van der Waals surface area contributed by atoms with Crippen molar-refractivity contribution in [2.75, 3.05) is 13.2 Å². The molecule has 0 heterocycles. The zero-order valence-corrected chi connectivity index (χ0v) is 39.8. The van der Waals surface area contributed by atoms with E-state index in [0.717, 1.165) is 64.2 Å². The molecular weight excluding hydrogens is 733 g/mol. The van der Waals surface area contributed by atoms with E-state index in [0.29, 0.717) is 19.3 Å². The van der Waals surface area contributed by atoms with Crippen LogP contribution in [0.4, 0.5) is 0 Å². The van der Waals surface area contributed by atoms with Gasteiger partial charge in [0.05, 0.1) is 0 Å². The molecule has 59 heavy (non-hydrogen) atoms. The van der Waals surface area contributed by atoms with E-state index in [2.05, 4.69) is 32.9 Å². The molecule has 0 N–H and O–H groups in total. The maximum atomic E-state index is 12.8. The Morgan fingerprint density at radius 3 is 0.847 bits per heavy atom. The Labute approximate surface area is 367 Å². The normalized spacial score (nSPS) is 12.0. The van der Waals surface area contributed by atoms with Gasteiger partial charge in [0.1, 0.15) is 13.2 Å². The maximum Gasteiger partial charge on any atom is 0.306 e. The zero-order chi connectivity index (χ0) is 43.0. The second-order valence-electron chi connectivity index (χ2n) is 17.8. The fourth-order valence-electron chi connectivity index (χ4n) is 7.79. The highest BCUT2D eigenvalue weighted by Crippen LogP contribution is 2.16. The molecular formula is C53H100O6. The quantitative estimate of drug-likeness (QED) is 0.0263. The van der Waals surface area contributed by atoms with Crippen LogP contribution in [0, 0.1) is 0 Å². The molecule has 0 aromatic heterocycles. The zero-order valence-electron chi connectivity index (χ0n) is 39.8. The topological polar surface area (TPSA) is 78.9 Å². The molecule has 0 aromatic carbocycles. The molecule has 0 bridgehead atoms. The Balaban J connectivity index is 4.32. The van der Waals surface area contributed by atoms with Gasteiger partial charge in [0.2, 0.25) is 0 Å². The van der Waals surface area contributed by atoms with Crippen LogP contribution in [0.5, 0.6) is 0 Å². The van der Waals surface area contributed by atoms with Crippen molar-refractivity contribution < 1.29 is 28.6 Å². The second-order valence-corrected chi connectivity index (χ2v) is 17.8. The van der Waals surface area contributed by atoms with Gasteiger partial charge in [0.15, 0.2) is 6.10 Å². The summed E-state index contributed by atoms with van der Waals surface area (Å²) in [7, 11) is 0. The van der Waals surface area contributed by atoms with E-state index in [1.807, 2.05) is 0 Å². The lowest BCUT2D eigenvalue weighted by Crippen LogP contribution is -2.30. The number of hydrogen-bond donors (Lipinski definition) is 0. The van der Waals surface area contributed by atoms with Crippen molar-refractivity contribution >= 4 is 17.9 Å². The second kappa shape index (κ2) is 48.8. The van der Waals surface area contributed by atoms with Crippen LogP contribution in [-0.2, 0) is 28.6 Å². The lowest BCUT2D eigenvalue weighted by molar-refractivity contribution is -0.167. The molecule has 0 amide bonds. The highest BCUT2D eigenvalue weighted by molar-refractivity contribution is 5.71. The van der Waals surface area contributed by atoms with Crippen LogP contribution in [0.3, 0.4) is 0 Å². The molecule has 0 aliphatic carbocycles. The maximum absolute atomic E-state index is 12.8.